The van der Waals surface area contributed by atoms with Gasteiger partial charge in [-0.1, -0.05) is 0 Å². The van der Waals surface area contributed by atoms with Crippen molar-refractivity contribution in [1.29, 1.82) is 0 Å². The van der Waals surface area contributed by atoms with Crippen LogP contribution in [0.15, 0.2) is 6.20 Å². The van der Waals surface area contributed by atoms with Gasteiger partial charge in [0.25, 0.3) is 0 Å². The van der Waals surface area contributed by atoms with Crippen LogP contribution in [0.1, 0.15) is 13.3 Å². The Morgan fingerprint density at radius 2 is 2.40 bits per heavy atom. The average Bonchev–Trinajstić information content (AvgIpc) is 2.20. The van der Waals surface area contributed by atoms with E-state index in [0.717, 1.165) is 18.4 Å². The first-order valence-corrected chi connectivity index (χ1v) is 6.06. The summed E-state index contributed by atoms with van der Waals surface area (Å²) in [5, 5.41) is 2.97. The van der Waals surface area contributed by atoms with E-state index >= 15 is 0 Å². The van der Waals surface area contributed by atoms with Crippen LogP contribution in [0.4, 0.5) is 16.2 Å². The van der Waals surface area contributed by atoms with Crippen molar-refractivity contribution < 1.29 is 4.39 Å². The fourth-order valence-electron chi connectivity index (χ4n) is 1.08. The monoisotopic (exact) mass is 230 g/mol. The Morgan fingerprint density at radius 1 is 1.67 bits per heavy atom. The molecular weight excluding hydrogens is 215 g/mol. The lowest BCUT2D eigenvalue weighted by Crippen LogP contribution is -2.18. The molecule has 6 heteroatoms. The summed E-state index contributed by atoms with van der Waals surface area (Å²) < 4.78 is 13.2. The Bertz CT molecular complexity index is 321. The highest BCUT2D eigenvalue weighted by Crippen LogP contribution is 2.13. The predicted molar refractivity (Wildman–Crippen MR) is 62.5 cm³/mol. The van der Waals surface area contributed by atoms with Crippen molar-refractivity contribution >= 4 is 23.5 Å². The lowest BCUT2D eigenvalue weighted by molar-refractivity contribution is 0.612. The summed E-state index contributed by atoms with van der Waals surface area (Å²) in [6.07, 6.45) is 4.06. The zero-order chi connectivity index (χ0) is 11.3. The van der Waals surface area contributed by atoms with Crippen LogP contribution in [-0.4, -0.2) is 28.0 Å². The van der Waals surface area contributed by atoms with E-state index in [1.807, 2.05) is 13.2 Å². The van der Waals surface area contributed by atoms with E-state index in [1.165, 1.54) is 0 Å². The Hall–Kier alpha value is -1.04. The number of nitrogens with zero attached hydrogens (tertiary/aromatic N) is 2. The van der Waals surface area contributed by atoms with Gasteiger partial charge in [0.15, 0.2) is 11.6 Å². The van der Waals surface area contributed by atoms with Gasteiger partial charge in [0.2, 0.25) is 5.95 Å². The van der Waals surface area contributed by atoms with Gasteiger partial charge >= 0.3 is 0 Å². The fraction of sp³-hybridized carbons (Fsp3) is 0.556. The third-order valence-electron chi connectivity index (χ3n) is 1.90. The van der Waals surface area contributed by atoms with Gasteiger partial charge in [-0.2, -0.15) is 16.7 Å². The molecule has 0 aliphatic rings. The van der Waals surface area contributed by atoms with E-state index in [9.17, 15) is 4.39 Å². The SMILES string of the molecule is CSCCC(C)Nc1nc(N)ncc1F. The van der Waals surface area contributed by atoms with Crippen LogP contribution in [0.3, 0.4) is 0 Å². The molecule has 3 N–H and O–H groups in total. The summed E-state index contributed by atoms with van der Waals surface area (Å²) >= 11 is 1.76. The number of thioether (sulfide) groups is 1. The Labute approximate surface area is 92.9 Å². The van der Waals surface area contributed by atoms with E-state index in [4.69, 9.17) is 5.73 Å². The largest absolute Gasteiger partial charge is 0.368 e. The maximum absolute atomic E-state index is 13.2. The lowest BCUT2D eigenvalue weighted by atomic mass is 10.2. The molecule has 1 unspecified atom stereocenters. The van der Waals surface area contributed by atoms with Crippen LogP contribution < -0.4 is 11.1 Å². The smallest absolute Gasteiger partial charge is 0.222 e. The first kappa shape index (κ1) is 12.0. The number of nitrogen functional groups attached to an aromatic ring is 1. The van der Waals surface area contributed by atoms with Crippen LogP contribution in [0.25, 0.3) is 0 Å². The molecule has 84 valence electrons. The van der Waals surface area contributed by atoms with E-state index in [2.05, 4.69) is 15.3 Å². The average molecular weight is 230 g/mol. The molecule has 4 nitrogen and oxygen atoms in total. The molecule has 0 aromatic carbocycles. The topological polar surface area (TPSA) is 63.8 Å². The molecule has 0 fully saturated rings. The zero-order valence-corrected chi connectivity index (χ0v) is 9.64. The first-order chi connectivity index (χ1) is 7.13. The predicted octanol–water partition coefficient (Wildman–Crippen LogP) is 1.75. The molecule has 1 aromatic heterocycles. The van der Waals surface area contributed by atoms with Crippen molar-refractivity contribution in [2.24, 2.45) is 0 Å². The molecule has 15 heavy (non-hydrogen) atoms. The van der Waals surface area contributed by atoms with Gasteiger partial charge in [-0.25, -0.2) is 9.37 Å². The molecule has 0 aliphatic carbocycles. The molecule has 0 amide bonds. The standard InChI is InChI=1S/C9H15FN4S/c1-6(3-4-15-2)13-8-7(10)5-12-9(11)14-8/h5-6H,3-4H2,1-2H3,(H3,11,12,13,14). The number of aromatic nitrogens is 2. The summed E-state index contributed by atoms with van der Waals surface area (Å²) in [6, 6.07) is 0.168. The summed E-state index contributed by atoms with van der Waals surface area (Å²) in [5.74, 6) is 0.809. The maximum atomic E-state index is 13.2. The van der Waals surface area contributed by atoms with Crippen molar-refractivity contribution in [2.45, 2.75) is 19.4 Å². The number of nitrogens with two attached hydrogens (primary N) is 1. The number of hydrogen-bond donors (Lipinski definition) is 2. The molecule has 1 aromatic rings. The summed E-state index contributed by atoms with van der Waals surface area (Å²) in [4.78, 5) is 7.35. The highest BCUT2D eigenvalue weighted by molar-refractivity contribution is 7.98. The minimum atomic E-state index is -0.472. The normalized spacial score (nSPS) is 12.5. The van der Waals surface area contributed by atoms with Crippen molar-refractivity contribution in [1.82, 2.24) is 9.97 Å². The molecule has 1 heterocycles. The molecule has 1 rings (SSSR count). The number of nitrogens with one attached hydrogen (secondary N) is 1. The molecule has 0 saturated carbocycles. The number of halogens is 1. The van der Waals surface area contributed by atoms with Crippen LogP contribution in [-0.2, 0) is 0 Å². The van der Waals surface area contributed by atoms with Crippen molar-refractivity contribution in [3.8, 4) is 0 Å². The second kappa shape index (κ2) is 5.75. The molecular formula is C9H15FN4S. The molecule has 0 bridgehead atoms. The third-order valence-corrected chi connectivity index (χ3v) is 2.54. The summed E-state index contributed by atoms with van der Waals surface area (Å²) in [6.45, 7) is 1.98. The number of anilines is 2. The number of rotatable bonds is 5. The van der Waals surface area contributed by atoms with Crippen LogP contribution in [0, 0.1) is 5.82 Å². The Morgan fingerprint density at radius 3 is 3.07 bits per heavy atom. The molecule has 0 saturated heterocycles. The van der Waals surface area contributed by atoms with Crippen LogP contribution in [0.2, 0.25) is 0 Å². The fourth-order valence-corrected chi connectivity index (χ4v) is 1.67. The molecule has 0 spiro atoms. The van der Waals surface area contributed by atoms with Gasteiger partial charge in [-0.05, 0) is 25.4 Å². The van der Waals surface area contributed by atoms with E-state index < -0.39 is 5.82 Å². The van der Waals surface area contributed by atoms with Crippen LogP contribution >= 0.6 is 11.8 Å². The highest BCUT2D eigenvalue weighted by Gasteiger charge is 2.08. The van der Waals surface area contributed by atoms with E-state index in [1.54, 1.807) is 11.8 Å². The zero-order valence-electron chi connectivity index (χ0n) is 8.83. The van der Waals surface area contributed by atoms with Crippen LogP contribution in [0.5, 0.6) is 0 Å². The molecule has 0 radical (unpaired) electrons. The summed E-state index contributed by atoms with van der Waals surface area (Å²) in [5.41, 5.74) is 5.37. The van der Waals surface area contributed by atoms with E-state index in [-0.39, 0.29) is 17.8 Å². The minimum Gasteiger partial charge on any atom is -0.368 e. The highest BCUT2D eigenvalue weighted by atomic mass is 32.2. The van der Waals surface area contributed by atoms with E-state index in [0.29, 0.717) is 0 Å². The van der Waals surface area contributed by atoms with Gasteiger partial charge in [0.05, 0.1) is 6.20 Å². The van der Waals surface area contributed by atoms with Gasteiger partial charge in [0.1, 0.15) is 0 Å². The lowest BCUT2D eigenvalue weighted by Gasteiger charge is -2.14. The molecule has 1 atom stereocenters. The van der Waals surface area contributed by atoms with Gasteiger partial charge < -0.3 is 11.1 Å². The third kappa shape index (κ3) is 3.91. The van der Waals surface area contributed by atoms with Crippen molar-refractivity contribution in [3.05, 3.63) is 12.0 Å². The van der Waals surface area contributed by atoms with Crippen molar-refractivity contribution in [2.75, 3.05) is 23.1 Å². The van der Waals surface area contributed by atoms with Gasteiger partial charge in [-0.15, -0.1) is 0 Å². The maximum Gasteiger partial charge on any atom is 0.222 e. The quantitative estimate of drug-likeness (QED) is 0.807. The Balaban J connectivity index is 2.59. The summed E-state index contributed by atoms with van der Waals surface area (Å²) in [7, 11) is 0. The van der Waals surface area contributed by atoms with Crippen molar-refractivity contribution in [3.63, 3.8) is 0 Å². The number of hydrogen-bond acceptors (Lipinski definition) is 5. The second-order valence-corrected chi connectivity index (χ2v) is 4.24. The minimum absolute atomic E-state index is 0.0796. The molecule has 0 aliphatic heterocycles. The first-order valence-electron chi connectivity index (χ1n) is 4.67. The second-order valence-electron chi connectivity index (χ2n) is 3.25. The Kier molecular flexibility index (Phi) is 4.61. The van der Waals surface area contributed by atoms with Gasteiger partial charge in [0, 0.05) is 6.04 Å². The van der Waals surface area contributed by atoms with Gasteiger partial charge in [-0.3, -0.25) is 0 Å².